The second-order valence-electron chi connectivity index (χ2n) is 16.6. The first-order valence-corrected chi connectivity index (χ1v) is 20.0. The number of nitrogens with zero attached hydrogens (tertiary/aromatic N) is 6. The summed E-state index contributed by atoms with van der Waals surface area (Å²) in [6.45, 7) is 8.27. The third-order valence-corrected chi connectivity index (χ3v) is 13.4. The van der Waals surface area contributed by atoms with Crippen LogP contribution in [0.25, 0.3) is 11.1 Å². The molecule has 8 rings (SSSR count). The van der Waals surface area contributed by atoms with E-state index in [0.717, 1.165) is 110 Å². The predicted molar refractivity (Wildman–Crippen MR) is 212 cm³/mol. The molecule has 2 fully saturated rings. The smallest absolute Gasteiger partial charge is 0.291 e. The normalized spacial score (nSPS) is 22.7. The maximum atomic E-state index is 13.8. The minimum Gasteiger partial charge on any atom is -0.392 e. The van der Waals surface area contributed by atoms with E-state index in [4.69, 9.17) is 21.6 Å². The molecule has 0 radical (unpaired) electrons. The zero-order valence-electron chi connectivity index (χ0n) is 32.3. The number of hydrogen-bond donors (Lipinski definition) is 3. The highest BCUT2D eigenvalue weighted by atomic mass is 35.5. The third kappa shape index (κ3) is 7.02. The molecular formula is C42H51ClN8O4. The molecule has 12 nitrogen and oxygen atoms in total. The van der Waals surface area contributed by atoms with E-state index >= 15 is 0 Å². The minimum absolute atomic E-state index is 0.0627. The lowest BCUT2D eigenvalue weighted by atomic mass is 9.80. The van der Waals surface area contributed by atoms with Crippen molar-refractivity contribution in [3.05, 3.63) is 81.4 Å². The van der Waals surface area contributed by atoms with Crippen LogP contribution < -0.4 is 10.6 Å². The lowest BCUT2D eigenvalue weighted by Gasteiger charge is -2.32. The summed E-state index contributed by atoms with van der Waals surface area (Å²) in [7, 11) is 3.77. The lowest BCUT2D eigenvalue weighted by Crippen LogP contribution is -2.36. The van der Waals surface area contributed by atoms with Crippen LogP contribution in [0.1, 0.15) is 95.0 Å². The molecule has 13 heteroatoms. The topological polar surface area (TPSA) is 138 Å². The SMILES string of the molecule is Cc1c(NC(=O)c2nc3c(n2C)CCN(CC(C)O)C3)cccc1-c1cccc(NC(=O)c2nc3c(n2C)CCN(CCC24CCC(C=O)(CC2)C4)C3)c1Cl. The summed E-state index contributed by atoms with van der Waals surface area (Å²) >= 11 is 7.03. The first-order valence-electron chi connectivity index (χ1n) is 19.6. The van der Waals surface area contributed by atoms with Gasteiger partial charge in [0, 0.05) is 87.7 Å². The quantitative estimate of drug-likeness (QED) is 0.160. The molecule has 2 amide bonds. The van der Waals surface area contributed by atoms with E-state index in [2.05, 4.69) is 20.4 Å². The Morgan fingerprint density at radius 3 is 2.04 bits per heavy atom. The van der Waals surface area contributed by atoms with E-state index in [1.54, 1.807) is 13.0 Å². The molecule has 2 aliphatic heterocycles. The van der Waals surface area contributed by atoms with Crippen molar-refractivity contribution in [2.24, 2.45) is 24.9 Å². The van der Waals surface area contributed by atoms with Crippen molar-refractivity contribution in [2.75, 3.05) is 36.8 Å². The van der Waals surface area contributed by atoms with Crippen molar-refractivity contribution in [2.45, 2.75) is 84.4 Å². The van der Waals surface area contributed by atoms with E-state index < -0.39 is 6.10 Å². The number of nitrogens with one attached hydrogen (secondary N) is 2. The number of aliphatic hydroxyl groups is 1. The maximum Gasteiger partial charge on any atom is 0.291 e. The molecule has 0 saturated heterocycles. The molecule has 3 N–H and O–H groups in total. The number of aldehydes is 1. The first-order chi connectivity index (χ1) is 26.4. The Balaban J connectivity index is 0.943. The number of aromatic nitrogens is 4. The molecule has 55 heavy (non-hydrogen) atoms. The van der Waals surface area contributed by atoms with E-state index in [-0.39, 0.29) is 17.2 Å². The van der Waals surface area contributed by atoms with Crippen LogP contribution >= 0.6 is 11.6 Å². The van der Waals surface area contributed by atoms with Gasteiger partial charge in [0.15, 0.2) is 11.6 Å². The van der Waals surface area contributed by atoms with Crippen LogP contribution in [0.4, 0.5) is 11.4 Å². The maximum absolute atomic E-state index is 13.8. The minimum atomic E-state index is -0.432. The Kier molecular flexibility index (Phi) is 9.98. The van der Waals surface area contributed by atoms with Gasteiger partial charge in [-0.25, -0.2) is 9.97 Å². The summed E-state index contributed by atoms with van der Waals surface area (Å²) < 4.78 is 3.77. The number of halogens is 1. The van der Waals surface area contributed by atoms with Crippen LogP contribution in [-0.2, 0) is 44.8 Å². The van der Waals surface area contributed by atoms with Crippen LogP contribution in [0.2, 0.25) is 5.02 Å². The highest BCUT2D eigenvalue weighted by Crippen LogP contribution is 2.62. The van der Waals surface area contributed by atoms with E-state index in [0.29, 0.717) is 53.1 Å². The summed E-state index contributed by atoms with van der Waals surface area (Å²) in [5, 5.41) is 16.3. The Bertz CT molecular complexity index is 2160. The summed E-state index contributed by atoms with van der Waals surface area (Å²) in [6.07, 6.45) is 8.92. The van der Waals surface area contributed by atoms with E-state index in [1.807, 2.05) is 60.5 Å². The summed E-state index contributed by atoms with van der Waals surface area (Å²) in [6, 6.07) is 11.2. The molecule has 2 saturated carbocycles. The number of β-amino-alcohol motifs (C(OH)–C–C–N with tert-alkyl or cyclic N) is 1. The number of carbonyl (C=O) groups excluding carboxylic acids is 3. The van der Waals surface area contributed by atoms with Crippen LogP contribution in [-0.4, -0.2) is 84.4 Å². The fraction of sp³-hybridized carbons (Fsp3) is 0.500. The molecule has 2 aromatic carbocycles. The zero-order valence-corrected chi connectivity index (χ0v) is 33.0. The highest BCUT2D eigenvalue weighted by Gasteiger charge is 2.53. The van der Waals surface area contributed by atoms with Crippen molar-refractivity contribution in [1.29, 1.82) is 0 Å². The molecule has 2 aliphatic carbocycles. The van der Waals surface area contributed by atoms with Gasteiger partial charge in [-0.05, 0) is 87.6 Å². The molecule has 0 spiro atoms. The summed E-state index contributed by atoms with van der Waals surface area (Å²) in [5.41, 5.74) is 7.65. The van der Waals surface area contributed by atoms with Crippen LogP contribution in [0.15, 0.2) is 36.4 Å². The number of rotatable bonds is 11. The predicted octanol–water partition coefficient (Wildman–Crippen LogP) is 5.92. The fourth-order valence-corrected chi connectivity index (χ4v) is 10.1. The average molecular weight is 767 g/mol. The molecule has 2 bridgehead atoms. The molecule has 4 aliphatic rings. The second-order valence-corrected chi connectivity index (χ2v) is 17.0. The van der Waals surface area contributed by atoms with Crippen LogP contribution in [0.5, 0.6) is 0 Å². The molecule has 4 heterocycles. The van der Waals surface area contributed by atoms with Gasteiger partial charge in [0.2, 0.25) is 0 Å². The summed E-state index contributed by atoms with van der Waals surface area (Å²) in [4.78, 5) is 53.3. The van der Waals surface area contributed by atoms with Crippen LogP contribution in [0, 0.1) is 17.8 Å². The van der Waals surface area contributed by atoms with E-state index in [1.165, 1.54) is 6.29 Å². The van der Waals surface area contributed by atoms with Gasteiger partial charge in [-0.1, -0.05) is 35.9 Å². The van der Waals surface area contributed by atoms with Gasteiger partial charge >= 0.3 is 0 Å². The number of imidazole rings is 2. The van der Waals surface area contributed by atoms with Gasteiger partial charge in [0.05, 0.1) is 28.2 Å². The molecule has 2 aromatic heterocycles. The Labute approximate surface area is 327 Å². The number of hydrogen-bond acceptors (Lipinski definition) is 8. The molecule has 290 valence electrons. The number of amides is 2. The number of aliphatic hydroxyl groups excluding tert-OH is 1. The van der Waals surface area contributed by atoms with E-state index in [9.17, 15) is 19.5 Å². The number of carbonyl (C=O) groups is 3. The second kappa shape index (κ2) is 14.6. The molecule has 1 unspecified atom stereocenters. The molecule has 4 aromatic rings. The van der Waals surface area contributed by atoms with Gasteiger partial charge in [0.1, 0.15) is 6.29 Å². The van der Waals surface area contributed by atoms with Crippen molar-refractivity contribution < 1.29 is 19.5 Å². The fourth-order valence-electron chi connectivity index (χ4n) is 9.82. The zero-order chi connectivity index (χ0) is 38.6. The highest BCUT2D eigenvalue weighted by molar-refractivity contribution is 6.36. The van der Waals surface area contributed by atoms with Crippen molar-refractivity contribution in [3.8, 4) is 11.1 Å². The first kappa shape index (κ1) is 37.6. The van der Waals surface area contributed by atoms with Gasteiger partial charge in [0.25, 0.3) is 11.8 Å². The van der Waals surface area contributed by atoms with Crippen LogP contribution in [0.3, 0.4) is 0 Å². The number of benzene rings is 2. The van der Waals surface area contributed by atoms with Crippen molar-refractivity contribution >= 4 is 41.1 Å². The van der Waals surface area contributed by atoms with Gasteiger partial charge in [-0.2, -0.15) is 0 Å². The average Bonchev–Trinajstić information content (AvgIpc) is 3.92. The monoisotopic (exact) mass is 766 g/mol. The number of fused-ring (bicyclic) bond motifs is 4. The van der Waals surface area contributed by atoms with Crippen molar-refractivity contribution in [3.63, 3.8) is 0 Å². The van der Waals surface area contributed by atoms with Gasteiger partial charge in [-0.3, -0.25) is 19.4 Å². The Morgan fingerprint density at radius 1 is 0.873 bits per heavy atom. The van der Waals surface area contributed by atoms with Crippen molar-refractivity contribution in [1.82, 2.24) is 28.9 Å². The lowest BCUT2D eigenvalue weighted by molar-refractivity contribution is -0.115. The Morgan fingerprint density at radius 2 is 1.44 bits per heavy atom. The largest absolute Gasteiger partial charge is 0.392 e. The summed E-state index contributed by atoms with van der Waals surface area (Å²) in [5.74, 6) is 0.0549. The van der Waals surface area contributed by atoms with Gasteiger partial charge in [-0.15, -0.1) is 0 Å². The standard InChI is InChI=1S/C42H51ClN8O4/c1-26(53)21-51-19-12-35-33(23-51)45-37(49(35)4)39(54)46-30-9-5-7-28(27(30)2)29-8-6-10-31(36(29)43)47-40(55)38-44-32-22-50(18-11-34(32)48(38)3)20-17-41-13-15-42(24-41,25-52)16-14-41/h5-10,25-26,53H,11-24H2,1-4H3,(H,46,54)(H,47,55). The molecular weight excluding hydrogens is 716 g/mol. The Hall–Kier alpha value is -4.36. The van der Waals surface area contributed by atoms with Gasteiger partial charge < -0.3 is 29.7 Å². The molecule has 1 atom stereocenters. The number of anilines is 2. The third-order valence-electron chi connectivity index (χ3n) is 13.0.